The molecule has 2 rings (SSSR count). The second kappa shape index (κ2) is 4.28. The highest BCUT2D eigenvalue weighted by atomic mass is 16.5. The summed E-state index contributed by atoms with van der Waals surface area (Å²) >= 11 is 0. The highest BCUT2D eigenvalue weighted by Crippen LogP contribution is 2.14. The van der Waals surface area contributed by atoms with Gasteiger partial charge in [-0.2, -0.15) is 0 Å². The molecule has 0 amide bonds. The Morgan fingerprint density at radius 3 is 2.80 bits per heavy atom. The third-order valence-electron chi connectivity index (χ3n) is 2.86. The van der Waals surface area contributed by atoms with Crippen LogP contribution in [-0.2, 0) is 24.4 Å². The molecular weight excluding hydrogens is 192 g/mol. The van der Waals surface area contributed by atoms with Crippen LogP contribution in [0.2, 0.25) is 0 Å². The Balaban J connectivity index is 2.15. The lowest BCUT2D eigenvalue weighted by atomic mass is 10.2. The topological polar surface area (TPSA) is 43.2 Å². The van der Waals surface area contributed by atoms with E-state index in [1.807, 2.05) is 0 Å². The molecule has 84 valence electrons. The van der Waals surface area contributed by atoms with Gasteiger partial charge in [-0.05, 0) is 13.8 Å². The Bertz CT molecular complexity index is 334. The van der Waals surface area contributed by atoms with E-state index in [0.717, 1.165) is 31.3 Å². The first-order chi connectivity index (χ1) is 7.22. The molecule has 0 bridgehead atoms. The minimum atomic E-state index is 0.550. The molecule has 0 spiro atoms. The van der Waals surface area contributed by atoms with Crippen LogP contribution in [0, 0.1) is 0 Å². The van der Waals surface area contributed by atoms with E-state index >= 15 is 0 Å². The molecule has 0 unspecified atom stereocenters. The van der Waals surface area contributed by atoms with Gasteiger partial charge >= 0.3 is 0 Å². The van der Waals surface area contributed by atoms with Crippen molar-refractivity contribution in [3.63, 3.8) is 0 Å². The van der Waals surface area contributed by atoms with E-state index in [1.54, 1.807) is 7.11 Å². The van der Waals surface area contributed by atoms with Gasteiger partial charge in [-0.3, -0.25) is 4.90 Å². The average molecular weight is 210 g/mol. The summed E-state index contributed by atoms with van der Waals surface area (Å²) in [5.74, 6) is 2.00. The molecule has 5 heteroatoms. The second-order valence-electron chi connectivity index (χ2n) is 4.18. The summed E-state index contributed by atoms with van der Waals surface area (Å²) in [4.78, 5) is 2.40. The average Bonchev–Trinajstić information content (AvgIpc) is 2.61. The zero-order valence-corrected chi connectivity index (χ0v) is 9.60. The van der Waals surface area contributed by atoms with Crippen molar-refractivity contribution in [2.45, 2.75) is 39.6 Å². The smallest absolute Gasteiger partial charge is 0.159 e. The summed E-state index contributed by atoms with van der Waals surface area (Å²) in [5, 5.41) is 8.34. The predicted octanol–water partition coefficient (Wildman–Crippen LogP) is 0.648. The van der Waals surface area contributed by atoms with Crippen LogP contribution in [0.5, 0.6) is 0 Å². The highest BCUT2D eigenvalue weighted by Gasteiger charge is 2.22. The molecule has 0 radical (unpaired) electrons. The molecule has 15 heavy (non-hydrogen) atoms. The molecule has 1 aromatic rings. The summed E-state index contributed by atoms with van der Waals surface area (Å²) in [5.41, 5.74) is 0. The minimum Gasteiger partial charge on any atom is -0.377 e. The Labute approximate surface area is 90.0 Å². The van der Waals surface area contributed by atoms with Gasteiger partial charge in [0.25, 0.3) is 0 Å². The molecule has 0 saturated carbocycles. The van der Waals surface area contributed by atoms with Crippen LogP contribution in [0.15, 0.2) is 0 Å². The van der Waals surface area contributed by atoms with E-state index in [-0.39, 0.29) is 0 Å². The molecule has 5 nitrogen and oxygen atoms in total. The lowest BCUT2D eigenvalue weighted by Gasteiger charge is -2.30. The quantitative estimate of drug-likeness (QED) is 0.734. The number of rotatable bonds is 3. The van der Waals surface area contributed by atoms with Crippen LogP contribution in [0.4, 0.5) is 0 Å². The summed E-state index contributed by atoms with van der Waals surface area (Å²) in [7, 11) is 1.69. The maximum absolute atomic E-state index is 5.09. The molecule has 1 aromatic heterocycles. The van der Waals surface area contributed by atoms with Crippen molar-refractivity contribution in [2.75, 3.05) is 13.7 Å². The van der Waals surface area contributed by atoms with Crippen molar-refractivity contribution in [1.29, 1.82) is 0 Å². The molecular formula is C10H18N4O. The fourth-order valence-electron chi connectivity index (χ4n) is 1.91. The normalized spacial score (nSPS) is 17.1. The van der Waals surface area contributed by atoms with Gasteiger partial charge in [0.1, 0.15) is 12.4 Å². The van der Waals surface area contributed by atoms with Crippen LogP contribution in [0.3, 0.4) is 0 Å². The summed E-state index contributed by atoms with van der Waals surface area (Å²) in [6.45, 7) is 7.91. The van der Waals surface area contributed by atoms with Gasteiger partial charge < -0.3 is 9.30 Å². The Kier molecular flexibility index (Phi) is 3.02. The van der Waals surface area contributed by atoms with Crippen molar-refractivity contribution < 1.29 is 4.74 Å². The van der Waals surface area contributed by atoms with Crippen LogP contribution in [-0.4, -0.2) is 39.4 Å². The van der Waals surface area contributed by atoms with E-state index in [1.165, 1.54) is 0 Å². The van der Waals surface area contributed by atoms with Gasteiger partial charge in [-0.25, -0.2) is 0 Å². The Hall–Kier alpha value is -0.940. The van der Waals surface area contributed by atoms with Gasteiger partial charge in [-0.15, -0.1) is 10.2 Å². The Morgan fingerprint density at radius 2 is 2.13 bits per heavy atom. The fraction of sp³-hybridized carbons (Fsp3) is 0.800. The molecule has 0 atom stereocenters. The molecule has 1 aliphatic heterocycles. The Morgan fingerprint density at radius 1 is 1.33 bits per heavy atom. The van der Waals surface area contributed by atoms with Crippen LogP contribution in [0.25, 0.3) is 0 Å². The number of hydrogen-bond acceptors (Lipinski definition) is 4. The first kappa shape index (κ1) is 10.6. The maximum atomic E-state index is 5.09. The number of aromatic nitrogens is 3. The van der Waals surface area contributed by atoms with Crippen LogP contribution >= 0.6 is 0 Å². The van der Waals surface area contributed by atoms with Gasteiger partial charge in [-0.1, -0.05) is 0 Å². The predicted molar refractivity (Wildman–Crippen MR) is 56.3 cm³/mol. The van der Waals surface area contributed by atoms with Gasteiger partial charge in [0.2, 0.25) is 0 Å². The molecule has 0 saturated heterocycles. The standard InChI is InChI=1S/C10H18N4O/c1-8(2)13-4-5-14-9(6-13)11-12-10(14)7-15-3/h8H,4-7H2,1-3H3. The highest BCUT2D eigenvalue weighted by molar-refractivity contribution is 4.98. The third-order valence-corrected chi connectivity index (χ3v) is 2.86. The van der Waals surface area contributed by atoms with Gasteiger partial charge in [0, 0.05) is 26.2 Å². The number of nitrogens with zero attached hydrogens (tertiary/aromatic N) is 4. The van der Waals surface area contributed by atoms with E-state index in [4.69, 9.17) is 4.74 Å². The third kappa shape index (κ3) is 2.03. The van der Waals surface area contributed by atoms with Gasteiger partial charge in [0.15, 0.2) is 5.82 Å². The number of fused-ring (bicyclic) bond motifs is 1. The summed E-state index contributed by atoms with van der Waals surface area (Å²) in [6, 6.07) is 0.571. The molecule has 0 aromatic carbocycles. The minimum absolute atomic E-state index is 0.550. The second-order valence-corrected chi connectivity index (χ2v) is 4.18. The largest absolute Gasteiger partial charge is 0.377 e. The monoisotopic (exact) mass is 210 g/mol. The molecule has 0 aliphatic carbocycles. The summed E-state index contributed by atoms with van der Waals surface area (Å²) < 4.78 is 7.26. The van der Waals surface area contributed by atoms with Crippen molar-refractivity contribution in [2.24, 2.45) is 0 Å². The lowest BCUT2D eigenvalue weighted by molar-refractivity contribution is 0.154. The van der Waals surface area contributed by atoms with E-state index in [9.17, 15) is 0 Å². The maximum Gasteiger partial charge on any atom is 0.159 e. The summed E-state index contributed by atoms with van der Waals surface area (Å²) in [6.07, 6.45) is 0. The molecule has 2 heterocycles. The number of methoxy groups -OCH3 is 1. The van der Waals surface area contributed by atoms with E-state index in [2.05, 4.69) is 33.5 Å². The fourth-order valence-corrected chi connectivity index (χ4v) is 1.91. The molecule has 0 N–H and O–H groups in total. The molecule has 1 aliphatic rings. The number of hydrogen-bond donors (Lipinski definition) is 0. The van der Waals surface area contributed by atoms with Crippen molar-refractivity contribution >= 4 is 0 Å². The van der Waals surface area contributed by atoms with Crippen molar-refractivity contribution in [3.8, 4) is 0 Å². The first-order valence-corrected chi connectivity index (χ1v) is 5.36. The van der Waals surface area contributed by atoms with Crippen molar-refractivity contribution in [1.82, 2.24) is 19.7 Å². The zero-order chi connectivity index (χ0) is 10.8. The first-order valence-electron chi connectivity index (χ1n) is 5.36. The van der Waals surface area contributed by atoms with Gasteiger partial charge in [0.05, 0.1) is 6.54 Å². The van der Waals surface area contributed by atoms with Crippen LogP contribution < -0.4 is 0 Å². The lowest BCUT2D eigenvalue weighted by Crippen LogP contribution is -2.38. The number of ether oxygens (including phenoxy) is 1. The molecule has 0 fully saturated rings. The van der Waals surface area contributed by atoms with E-state index < -0.39 is 0 Å². The zero-order valence-electron chi connectivity index (χ0n) is 9.60. The SMILES string of the molecule is COCc1nnc2n1CCN(C(C)C)C2. The van der Waals surface area contributed by atoms with Crippen LogP contribution in [0.1, 0.15) is 25.5 Å². The van der Waals surface area contributed by atoms with Crippen molar-refractivity contribution in [3.05, 3.63) is 11.6 Å². The van der Waals surface area contributed by atoms with E-state index in [0.29, 0.717) is 12.6 Å².